The second kappa shape index (κ2) is 6.63. The van der Waals surface area contributed by atoms with Crippen molar-refractivity contribution in [1.29, 1.82) is 0 Å². The van der Waals surface area contributed by atoms with E-state index in [1.54, 1.807) is 0 Å². The molecule has 0 aliphatic heterocycles. The van der Waals surface area contributed by atoms with Gasteiger partial charge in [-0.3, -0.25) is 0 Å². The third-order valence-electron chi connectivity index (χ3n) is 2.38. The van der Waals surface area contributed by atoms with E-state index in [9.17, 15) is 0 Å². The average molecular weight is 188 g/mol. The van der Waals surface area contributed by atoms with Gasteiger partial charge in [-0.1, -0.05) is 27.2 Å². The van der Waals surface area contributed by atoms with Crippen LogP contribution in [0.15, 0.2) is 0 Å². The SMILES string of the molecule is CCC[SiH](N(C)C)N(CC)CC. The summed E-state index contributed by atoms with van der Waals surface area (Å²) in [5.41, 5.74) is 0. The van der Waals surface area contributed by atoms with Crippen LogP contribution < -0.4 is 0 Å². The Kier molecular flexibility index (Phi) is 6.71. The molecule has 2 nitrogen and oxygen atoms in total. The zero-order chi connectivity index (χ0) is 9.56. The van der Waals surface area contributed by atoms with Crippen LogP contribution in [0.1, 0.15) is 27.2 Å². The quantitative estimate of drug-likeness (QED) is 0.583. The van der Waals surface area contributed by atoms with Gasteiger partial charge in [0.2, 0.25) is 0 Å². The summed E-state index contributed by atoms with van der Waals surface area (Å²) in [6.07, 6.45) is 1.32. The fourth-order valence-corrected chi connectivity index (χ4v) is 4.56. The van der Waals surface area contributed by atoms with Gasteiger partial charge in [-0.05, 0) is 33.2 Å². The first-order chi connectivity index (χ1) is 5.67. The largest absolute Gasteiger partial charge is 0.320 e. The molecule has 1 unspecified atom stereocenters. The van der Waals surface area contributed by atoms with Crippen molar-refractivity contribution in [3.05, 3.63) is 0 Å². The first-order valence-electron chi connectivity index (χ1n) is 5.07. The van der Waals surface area contributed by atoms with E-state index in [1.807, 2.05) is 0 Å². The molecule has 0 N–H and O–H groups in total. The van der Waals surface area contributed by atoms with Crippen molar-refractivity contribution in [2.24, 2.45) is 0 Å². The van der Waals surface area contributed by atoms with Gasteiger partial charge in [0.15, 0.2) is 9.12 Å². The highest BCUT2D eigenvalue weighted by Gasteiger charge is 2.18. The van der Waals surface area contributed by atoms with Crippen LogP contribution in [0.5, 0.6) is 0 Å². The smallest absolute Gasteiger partial charge is 0.189 e. The molecule has 0 aliphatic rings. The van der Waals surface area contributed by atoms with Gasteiger partial charge < -0.3 is 9.13 Å². The molecule has 0 fully saturated rings. The summed E-state index contributed by atoms with van der Waals surface area (Å²) in [6.45, 7) is 9.25. The highest BCUT2D eigenvalue weighted by Crippen LogP contribution is 2.05. The Morgan fingerprint density at radius 3 is 1.75 bits per heavy atom. The zero-order valence-corrected chi connectivity index (χ0v) is 10.5. The summed E-state index contributed by atoms with van der Waals surface area (Å²) in [5.74, 6) is 0. The molecule has 0 spiro atoms. The van der Waals surface area contributed by atoms with Crippen LogP contribution in [0.25, 0.3) is 0 Å². The van der Waals surface area contributed by atoms with Gasteiger partial charge in [0.05, 0.1) is 0 Å². The molecule has 1 atom stereocenters. The summed E-state index contributed by atoms with van der Waals surface area (Å²) in [6, 6.07) is 1.41. The molecular formula is C9H24N2Si. The van der Waals surface area contributed by atoms with Gasteiger partial charge in [0.25, 0.3) is 0 Å². The minimum atomic E-state index is -0.755. The maximum atomic E-state index is 2.64. The molecule has 3 heteroatoms. The number of hydrogen-bond donors (Lipinski definition) is 0. The second-order valence-corrected chi connectivity index (χ2v) is 6.76. The monoisotopic (exact) mass is 188 g/mol. The Morgan fingerprint density at radius 2 is 1.50 bits per heavy atom. The van der Waals surface area contributed by atoms with E-state index in [0.29, 0.717) is 0 Å². The Labute approximate surface area is 79.3 Å². The molecule has 12 heavy (non-hydrogen) atoms. The van der Waals surface area contributed by atoms with E-state index in [-0.39, 0.29) is 0 Å². The molecule has 0 aromatic carbocycles. The average Bonchev–Trinajstić information content (AvgIpc) is 2.05. The normalized spacial score (nSPS) is 14.2. The summed E-state index contributed by atoms with van der Waals surface area (Å²) in [5, 5.41) is 0. The molecule has 0 rings (SSSR count). The second-order valence-electron chi connectivity index (χ2n) is 3.45. The standard InChI is InChI=1S/C9H24N2Si/c1-6-9-12(10(4)5)11(7-2)8-3/h12H,6-9H2,1-5H3. The topological polar surface area (TPSA) is 6.48 Å². The zero-order valence-electron chi connectivity index (χ0n) is 9.30. The lowest BCUT2D eigenvalue weighted by molar-refractivity contribution is 0.421. The van der Waals surface area contributed by atoms with Crippen molar-refractivity contribution in [2.75, 3.05) is 27.2 Å². The summed E-state index contributed by atoms with van der Waals surface area (Å²) >= 11 is 0. The van der Waals surface area contributed by atoms with Crippen molar-refractivity contribution < 1.29 is 0 Å². The minimum absolute atomic E-state index is 0.755. The molecule has 0 amide bonds. The number of nitrogens with zero attached hydrogens (tertiary/aromatic N) is 2. The van der Waals surface area contributed by atoms with E-state index in [4.69, 9.17) is 0 Å². The van der Waals surface area contributed by atoms with Gasteiger partial charge in [0.1, 0.15) is 0 Å². The van der Waals surface area contributed by atoms with Crippen LogP contribution in [-0.2, 0) is 0 Å². The lowest BCUT2D eigenvalue weighted by Gasteiger charge is -2.32. The van der Waals surface area contributed by atoms with E-state index < -0.39 is 9.12 Å². The predicted molar refractivity (Wildman–Crippen MR) is 58.9 cm³/mol. The van der Waals surface area contributed by atoms with Crippen LogP contribution in [-0.4, -0.2) is 45.4 Å². The van der Waals surface area contributed by atoms with Gasteiger partial charge >= 0.3 is 0 Å². The van der Waals surface area contributed by atoms with Crippen molar-refractivity contribution in [3.63, 3.8) is 0 Å². The first kappa shape index (κ1) is 12.1. The van der Waals surface area contributed by atoms with Crippen molar-refractivity contribution in [1.82, 2.24) is 9.13 Å². The van der Waals surface area contributed by atoms with Crippen molar-refractivity contribution >= 4 is 9.12 Å². The minimum Gasteiger partial charge on any atom is -0.320 e. The molecule has 0 aromatic heterocycles. The van der Waals surface area contributed by atoms with Gasteiger partial charge in [-0.15, -0.1) is 0 Å². The maximum absolute atomic E-state index is 2.64. The van der Waals surface area contributed by atoms with E-state index in [0.717, 1.165) is 0 Å². The lowest BCUT2D eigenvalue weighted by Crippen LogP contribution is -2.49. The summed E-state index contributed by atoms with van der Waals surface area (Å²) < 4.78 is 5.10. The molecule has 0 radical (unpaired) electrons. The third-order valence-corrected chi connectivity index (χ3v) is 6.24. The highest BCUT2D eigenvalue weighted by molar-refractivity contribution is 6.52. The first-order valence-corrected chi connectivity index (χ1v) is 6.92. The Balaban J connectivity index is 4.05. The molecule has 0 aromatic rings. The predicted octanol–water partition coefficient (Wildman–Crippen LogP) is 1.52. The van der Waals surface area contributed by atoms with Gasteiger partial charge in [-0.2, -0.15) is 0 Å². The van der Waals surface area contributed by atoms with Crippen molar-refractivity contribution in [3.8, 4) is 0 Å². The van der Waals surface area contributed by atoms with E-state index >= 15 is 0 Å². The Morgan fingerprint density at radius 1 is 1.00 bits per heavy atom. The van der Waals surface area contributed by atoms with Crippen LogP contribution in [0.3, 0.4) is 0 Å². The fraction of sp³-hybridized carbons (Fsp3) is 1.00. The molecule has 0 bridgehead atoms. The lowest BCUT2D eigenvalue weighted by atomic mass is 10.6. The maximum Gasteiger partial charge on any atom is 0.189 e. The van der Waals surface area contributed by atoms with Crippen LogP contribution in [0.2, 0.25) is 6.04 Å². The number of rotatable bonds is 6. The van der Waals surface area contributed by atoms with Crippen molar-refractivity contribution in [2.45, 2.75) is 33.2 Å². The number of hydrogen-bond acceptors (Lipinski definition) is 2. The molecule has 74 valence electrons. The van der Waals surface area contributed by atoms with Crippen LogP contribution in [0.4, 0.5) is 0 Å². The van der Waals surface area contributed by atoms with Crippen LogP contribution in [0, 0.1) is 0 Å². The fourth-order valence-electron chi connectivity index (χ4n) is 1.67. The van der Waals surface area contributed by atoms with Gasteiger partial charge in [-0.25, -0.2) is 0 Å². The Bertz CT molecular complexity index is 103. The highest BCUT2D eigenvalue weighted by atomic mass is 28.3. The Hall–Kier alpha value is 0.137. The molecule has 0 saturated heterocycles. The third kappa shape index (κ3) is 3.69. The molecular weight excluding hydrogens is 164 g/mol. The molecule has 0 aliphatic carbocycles. The van der Waals surface area contributed by atoms with Crippen LogP contribution >= 0.6 is 0 Å². The summed E-state index contributed by atoms with van der Waals surface area (Å²) in [4.78, 5) is 0. The van der Waals surface area contributed by atoms with E-state index in [1.165, 1.54) is 25.6 Å². The molecule has 0 heterocycles. The molecule has 0 saturated carbocycles. The van der Waals surface area contributed by atoms with E-state index in [2.05, 4.69) is 44.0 Å². The summed E-state index contributed by atoms with van der Waals surface area (Å²) in [7, 11) is 3.70. The van der Waals surface area contributed by atoms with Gasteiger partial charge in [0, 0.05) is 0 Å².